The van der Waals surface area contributed by atoms with Gasteiger partial charge in [0, 0.05) is 31.7 Å². The fourth-order valence-corrected chi connectivity index (χ4v) is 4.31. The van der Waals surface area contributed by atoms with Gasteiger partial charge in [-0.15, -0.1) is 0 Å². The number of rotatable bonds is 4. The van der Waals surface area contributed by atoms with Gasteiger partial charge < -0.3 is 19.3 Å². The van der Waals surface area contributed by atoms with Crippen molar-refractivity contribution in [1.29, 1.82) is 0 Å². The molecular formula is C20H27N3O4. The first-order valence-corrected chi connectivity index (χ1v) is 9.90. The molecule has 3 aliphatic rings. The van der Waals surface area contributed by atoms with Gasteiger partial charge in [-0.2, -0.15) is 0 Å². The van der Waals surface area contributed by atoms with Gasteiger partial charge in [0.05, 0.1) is 26.4 Å². The van der Waals surface area contributed by atoms with E-state index in [4.69, 9.17) is 9.47 Å². The second-order valence-electron chi connectivity index (χ2n) is 7.52. The van der Waals surface area contributed by atoms with Crippen LogP contribution in [0.2, 0.25) is 0 Å². The predicted molar refractivity (Wildman–Crippen MR) is 98.9 cm³/mol. The van der Waals surface area contributed by atoms with Crippen LogP contribution in [0.3, 0.4) is 0 Å². The van der Waals surface area contributed by atoms with Gasteiger partial charge in [-0.05, 0) is 43.7 Å². The highest BCUT2D eigenvalue weighted by molar-refractivity contribution is 5.97. The van der Waals surface area contributed by atoms with E-state index in [0.717, 1.165) is 56.5 Å². The van der Waals surface area contributed by atoms with Gasteiger partial charge in [0.2, 0.25) is 11.8 Å². The highest BCUT2D eigenvalue weighted by Crippen LogP contribution is 2.28. The van der Waals surface area contributed by atoms with Crippen LogP contribution in [0, 0.1) is 0 Å². The van der Waals surface area contributed by atoms with Crippen LogP contribution in [0.5, 0.6) is 5.88 Å². The minimum Gasteiger partial charge on any atom is -0.480 e. The van der Waals surface area contributed by atoms with E-state index in [1.165, 1.54) is 0 Å². The third-order valence-electron chi connectivity index (χ3n) is 5.80. The molecule has 2 amide bonds. The van der Waals surface area contributed by atoms with E-state index in [0.29, 0.717) is 37.6 Å². The summed E-state index contributed by atoms with van der Waals surface area (Å²) in [7, 11) is 1.55. The number of nitrogens with zero attached hydrogens (tertiary/aromatic N) is 3. The van der Waals surface area contributed by atoms with Gasteiger partial charge in [-0.3, -0.25) is 9.59 Å². The second kappa shape index (κ2) is 7.84. The summed E-state index contributed by atoms with van der Waals surface area (Å²) in [5.74, 6) is 0.383. The van der Waals surface area contributed by atoms with E-state index in [1.54, 1.807) is 12.0 Å². The van der Waals surface area contributed by atoms with Crippen molar-refractivity contribution in [3.8, 4) is 5.88 Å². The molecule has 0 unspecified atom stereocenters. The van der Waals surface area contributed by atoms with Crippen LogP contribution < -0.4 is 4.74 Å². The minimum atomic E-state index is -0.239. The number of hydrogen-bond donors (Lipinski definition) is 0. The van der Waals surface area contributed by atoms with Crippen molar-refractivity contribution >= 4 is 11.8 Å². The van der Waals surface area contributed by atoms with Crippen LogP contribution in [0.15, 0.2) is 6.07 Å². The average molecular weight is 373 g/mol. The molecule has 7 nitrogen and oxygen atoms in total. The molecule has 2 aliphatic heterocycles. The quantitative estimate of drug-likeness (QED) is 0.798. The van der Waals surface area contributed by atoms with Crippen molar-refractivity contribution in [3.63, 3.8) is 0 Å². The zero-order valence-electron chi connectivity index (χ0n) is 15.9. The first-order chi connectivity index (χ1) is 13.2. The molecule has 2 saturated heterocycles. The molecule has 0 spiro atoms. The van der Waals surface area contributed by atoms with Crippen LogP contribution in [0.25, 0.3) is 0 Å². The molecule has 0 N–H and O–H groups in total. The Morgan fingerprint density at radius 2 is 2.04 bits per heavy atom. The van der Waals surface area contributed by atoms with Gasteiger partial charge in [-0.1, -0.05) is 0 Å². The van der Waals surface area contributed by atoms with Gasteiger partial charge in [0.1, 0.15) is 5.56 Å². The number of aromatic nitrogens is 1. The van der Waals surface area contributed by atoms with Gasteiger partial charge in [0.15, 0.2) is 0 Å². The number of likely N-dealkylation sites (tertiary alicyclic amines) is 1. The molecule has 0 radical (unpaired) electrons. The Balaban J connectivity index is 1.54. The summed E-state index contributed by atoms with van der Waals surface area (Å²) in [6.45, 7) is 3.01. The van der Waals surface area contributed by atoms with Gasteiger partial charge in [0.25, 0.3) is 5.91 Å². The van der Waals surface area contributed by atoms with Crippen molar-refractivity contribution in [2.45, 2.75) is 44.6 Å². The summed E-state index contributed by atoms with van der Waals surface area (Å²) in [5, 5.41) is 0. The molecule has 1 aliphatic carbocycles. The van der Waals surface area contributed by atoms with Crippen LogP contribution in [-0.2, 0) is 22.4 Å². The van der Waals surface area contributed by atoms with Crippen molar-refractivity contribution in [3.05, 3.63) is 22.9 Å². The normalized spacial score (nSPS) is 22.0. The Hall–Kier alpha value is -2.15. The summed E-state index contributed by atoms with van der Waals surface area (Å²) < 4.78 is 11.0. The Labute approximate surface area is 159 Å². The van der Waals surface area contributed by atoms with Gasteiger partial charge >= 0.3 is 0 Å². The highest BCUT2D eigenvalue weighted by Gasteiger charge is 2.33. The molecule has 1 aromatic rings. The maximum atomic E-state index is 13.3. The Morgan fingerprint density at radius 3 is 2.81 bits per heavy atom. The van der Waals surface area contributed by atoms with Crippen LogP contribution >= 0.6 is 0 Å². The van der Waals surface area contributed by atoms with Crippen molar-refractivity contribution < 1.29 is 19.1 Å². The number of pyridine rings is 1. The smallest absolute Gasteiger partial charge is 0.259 e. The summed E-state index contributed by atoms with van der Waals surface area (Å²) in [6.07, 6.45) is 5.39. The monoisotopic (exact) mass is 373 g/mol. The molecule has 146 valence electrons. The number of ether oxygens (including phenoxy) is 2. The zero-order valence-corrected chi connectivity index (χ0v) is 15.9. The Kier molecular flexibility index (Phi) is 5.29. The summed E-state index contributed by atoms with van der Waals surface area (Å²) in [4.78, 5) is 34.1. The largest absolute Gasteiger partial charge is 0.480 e. The van der Waals surface area contributed by atoms with E-state index in [9.17, 15) is 9.59 Å². The molecule has 3 heterocycles. The number of hydrogen-bond acceptors (Lipinski definition) is 5. The zero-order chi connectivity index (χ0) is 18.8. The summed E-state index contributed by atoms with van der Waals surface area (Å²) >= 11 is 0. The van der Waals surface area contributed by atoms with Crippen LogP contribution in [0.1, 0.15) is 47.3 Å². The highest BCUT2D eigenvalue weighted by atomic mass is 16.5. The number of carbonyl (C=O) groups excluding carboxylic acids is 2. The number of fused-ring (bicyclic) bond motifs is 1. The number of aryl methyl sites for hydroxylation is 2. The van der Waals surface area contributed by atoms with Crippen molar-refractivity contribution in [1.82, 2.24) is 14.8 Å². The first kappa shape index (κ1) is 18.2. The maximum absolute atomic E-state index is 13.3. The molecule has 0 aromatic carbocycles. The molecule has 27 heavy (non-hydrogen) atoms. The van der Waals surface area contributed by atoms with Crippen LogP contribution in [-0.4, -0.2) is 72.6 Å². The third-order valence-corrected chi connectivity index (χ3v) is 5.80. The predicted octanol–water partition coefficient (Wildman–Crippen LogP) is 1.43. The number of amides is 2. The molecule has 1 aromatic heterocycles. The van der Waals surface area contributed by atoms with E-state index < -0.39 is 0 Å². The molecule has 2 fully saturated rings. The standard InChI is InChI=1S/C20H27N3O4/c1-26-19-16(11-14-5-4-6-17(14)21-19)20(25)23-9-10-27-13-15(23)12-18(24)22-7-2-3-8-22/h11,15H,2-10,12-13H2,1H3/t15-/m0/s1. The lowest BCUT2D eigenvalue weighted by molar-refractivity contribution is -0.132. The van der Waals surface area contributed by atoms with E-state index in [-0.39, 0.29) is 17.9 Å². The Morgan fingerprint density at radius 1 is 1.22 bits per heavy atom. The Bertz CT molecular complexity index is 730. The molecule has 1 atom stereocenters. The van der Waals surface area contributed by atoms with E-state index in [1.807, 2.05) is 11.0 Å². The number of carbonyl (C=O) groups is 2. The fourth-order valence-electron chi connectivity index (χ4n) is 4.31. The molecule has 0 saturated carbocycles. The lowest BCUT2D eigenvalue weighted by Gasteiger charge is -2.36. The molecule has 7 heteroatoms. The second-order valence-corrected chi connectivity index (χ2v) is 7.52. The fraction of sp³-hybridized carbons (Fsp3) is 0.650. The van der Waals surface area contributed by atoms with E-state index in [2.05, 4.69) is 4.98 Å². The average Bonchev–Trinajstić information content (AvgIpc) is 3.38. The van der Waals surface area contributed by atoms with E-state index >= 15 is 0 Å². The SMILES string of the molecule is COc1nc2c(cc1C(=O)N1CCOC[C@@H]1CC(=O)N1CCCC1)CCC2. The van der Waals surface area contributed by atoms with Crippen molar-refractivity contribution in [2.75, 3.05) is 40.0 Å². The first-order valence-electron chi connectivity index (χ1n) is 9.90. The molecule has 4 rings (SSSR count). The number of methoxy groups -OCH3 is 1. The maximum Gasteiger partial charge on any atom is 0.259 e. The molecule has 0 bridgehead atoms. The summed E-state index contributed by atoms with van der Waals surface area (Å²) in [5.41, 5.74) is 2.67. The summed E-state index contributed by atoms with van der Waals surface area (Å²) in [6, 6.07) is 1.70. The lowest BCUT2D eigenvalue weighted by atomic mass is 10.1. The lowest BCUT2D eigenvalue weighted by Crippen LogP contribution is -2.50. The topological polar surface area (TPSA) is 72.0 Å². The number of morpholine rings is 1. The van der Waals surface area contributed by atoms with Crippen LogP contribution in [0.4, 0.5) is 0 Å². The van der Waals surface area contributed by atoms with Gasteiger partial charge in [-0.25, -0.2) is 4.98 Å². The molecular weight excluding hydrogens is 346 g/mol. The third kappa shape index (κ3) is 3.65. The van der Waals surface area contributed by atoms with Crippen molar-refractivity contribution in [2.24, 2.45) is 0 Å². The minimum absolute atomic E-state index is 0.111.